The van der Waals surface area contributed by atoms with Crippen molar-refractivity contribution in [3.8, 4) is 0 Å². The van der Waals surface area contributed by atoms with Crippen molar-refractivity contribution in [2.45, 2.75) is 50.2 Å². The number of piperidine rings is 2. The summed E-state index contributed by atoms with van der Waals surface area (Å²) in [5.41, 5.74) is 0. The van der Waals surface area contributed by atoms with E-state index in [-0.39, 0.29) is 5.25 Å². The Kier molecular flexibility index (Phi) is 4.15. The summed E-state index contributed by atoms with van der Waals surface area (Å²) >= 11 is 0. The Labute approximate surface area is 117 Å². The maximum Gasteiger partial charge on any atom is 0.216 e. The van der Waals surface area contributed by atoms with Gasteiger partial charge in [-0.15, -0.1) is 0 Å². The number of likely N-dealkylation sites (tertiary alicyclic amines) is 1. The number of rotatable bonds is 4. The molecule has 4 nitrogen and oxygen atoms in total. The summed E-state index contributed by atoms with van der Waals surface area (Å²) in [7, 11) is -2.93. The van der Waals surface area contributed by atoms with Gasteiger partial charge in [0.1, 0.15) is 0 Å². The van der Waals surface area contributed by atoms with Gasteiger partial charge in [-0.25, -0.2) is 12.7 Å². The Hall–Kier alpha value is -0.130. The largest absolute Gasteiger partial charge is 0.303 e. The molecule has 19 heavy (non-hydrogen) atoms. The van der Waals surface area contributed by atoms with E-state index in [1.54, 1.807) is 4.31 Å². The molecule has 0 aromatic heterocycles. The van der Waals surface area contributed by atoms with Gasteiger partial charge in [0.05, 0.1) is 5.25 Å². The number of sulfonamides is 1. The summed E-state index contributed by atoms with van der Waals surface area (Å²) in [5.74, 6) is 0.712. The quantitative estimate of drug-likeness (QED) is 0.789. The highest BCUT2D eigenvalue weighted by molar-refractivity contribution is 7.90. The van der Waals surface area contributed by atoms with E-state index >= 15 is 0 Å². The molecule has 3 fully saturated rings. The maximum absolute atomic E-state index is 12.2. The maximum atomic E-state index is 12.2. The molecule has 0 aromatic rings. The topological polar surface area (TPSA) is 40.6 Å². The molecule has 2 saturated heterocycles. The molecule has 2 heterocycles. The molecule has 0 unspecified atom stereocenters. The molecule has 0 spiro atoms. The fraction of sp³-hybridized carbons (Fsp3) is 1.00. The summed E-state index contributed by atoms with van der Waals surface area (Å²) in [6.45, 7) is 5.22. The summed E-state index contributed by atoms with van der Waals surface area (Å²) < 4.78 is 26.1. The molecule has 3 rings (SSSR count). The lowest BCUT2D eigenvalue weighted by atomic mass is 9.96. The molecule has 0 amide bonds. The van der Waals surface area contributed by atoms with Crippen LogP contribution in [0.3, 0.4) is 0 Å². The molecule has 0 bridgehead atoms. The van der Waals surface area contributed by atoms with Crippen molar-refractivity contribution >= 4 is 10.0 Å². The summed E-state index contributed by atoms with van der Waals surface area (Å²) in [4.78, 5) is 2.58. The van der Waals surface area contributed by atoms with Crippen molar-refractivity contribution in [2.75, 3.05) is 32.7 Å². The second-order valence-electron chi connectivity index (χ2n) is 6.45. The van der Waals surface area contributed by atoms with Gasteiger partial charge in [0.15, 0.2) is 0 Å². The van der Waals surface area contributed by atoms with E-state index in [2.05, 4.69) is 4.90 Å². The van der Waals surface area contributed by atoms with Gasteiger partial charge >= 0.3 is 0 Å². The van der Waals surface area contributed by atoms with Crippen molar-refractivity contribution in [3.63, 3.8) is 0 Å². The fourth-order valence-corrected chi connectivity index (χ4v) is 5.30. The van der Waals surface area contributed by atoms with Crippen LogP contribution in [0.2, 0.25) is 0 Å². The molecule has 0 aromatic carbocycles. The lowest BCUT2D eigenvalue weighted by Gasteiger charge is -2.35. The van der Waals surface area contributed by atoms with E-state index in [1.807, 2.05) is 0 Å². The second kappa shape index (κ2) is 5.70. The molecule has 3 aliphatic rings. The summed E-state index contributed by atoms with van der Waals surface area (Å²) in [5, 5.41) is -0.0360. The van der Waals surface area contributed by atoms with Gasteiger partial charge in [0.2, 0.25) is 10.0 Å². The van der Waals surface area contributed by atoms with Gasteiger partial charge in [-0.05, 0) is 57.5 Å². The van der Waals surface area contributed by atoms with E-state index in [9.17, 15) is 8.42 Å². The molecule has 5 heteroatoms. The lowest BCUT2D eigenvalue weighted by molar-refractivity contribution is 0.161. The van der Waals surface area contributed by atoms with Crippen LogP contribution in [0.15, 0.2) is 0 Å². The number of hydrogen-bond acceptors (Lipinski definition) is 3. The van der Waals surface area contributed by atoms with Gasteiger partial charge in [0, 0.05) is 19.6 Å². The van der Waals surface area contributed by atoms with E-state index < -0.39 is 10.0 Å². The molecule has 1 aliphatic carbocycles. The van der Waals surface area contributed by atoms with Crippen LogP contribution in [0.4, 0.5) is 0 Å². The second-order valence-corrected chi connectivity index (χ2v) is 8.66. The third-order valence-corrected chi connectivity index (χ3v) is 7.24. The van der Waals surface area contributed by atoms with Crippen LogP contribution in [-0.2, 0) is 10.0 Å². The van der Waals surface area contributed by atoms with Crippen LogP contribution in [0.25, 0.3) is 0 Å². The first-order chi connectivity index (χ1) is 9.16. The Balaban J connectivity index is 1.46. The van der Waals surface area contributed by atoms with Crippen LogP contribution in [0, 0.1) is 5.92 Å². The van der Waals surface area contributed by atoms with Gasteiger partial charge in [-0.3, -0.25) is 0 Å². The van der Waals surface area contributed by atoms with Crippen LogP contribution < -0.4 is 0 Å². The molecule has 0 atom stereocenters. The Morgan fingerprint density at radius 2 is 1.47 bits per heavy atom. The molecule has 110 valence electrons. The first-order valence-corrected chi connectivity index (χ1v) is 9.38. The number of nitrogens with zero attached hydrogens (tertiary/aromatic N) is 2. The van der Waals surface area contributed by atoms with E-state index in [0.29, 0.717) is 5.92 Å². The molecular weight excluding hydrogens is 260 g/mol. The highest BCUT2D eigenvalue weighted by atomic mass is 32.2. The third-order valence-electron chi connectivity index (χ3n) is 4.84. The van der Waals surface area contributed by atoms with Gasteiger partial charge in [0.25, 0.3) is 0 Å². The fourth-order valence-electron chi connectivity index (χ4n) is 3.43. The van der Waals surface area contributed by atoms with Crippen molar-refractivity contribution in [2.24, 2.45) is 5.92 Å². The first-order valence-electron chi connectivity index (χ1n) is 7.87. The van der Waals surface area contributed by atoms with Crippen molar-refractivity contribution in [1.82, 2.24) is 9.21 Å². The minimum Gasteiger partial charge on any atom is -0.303 e. The van der Waals surface area contributed by atoms with Crippen molar-refractivity contribution in [1.29, 1.82) is 0 Å². The van der Waals surface area contributed by atoms with E-state index in [1.165, 1.54) is 38.9 Å². The predicted octanol–water partition coefficient (Wildman–Crippen LogP) is 1.68. The van der Waals surface area contributed by atoms with Crippen LogP contribution in [-0.4, -0.2) is 55.6 Å². The smallest absolute Gasteiger partial charge is 0.216 e. The minimum absolute atomic E-state index is 0.0360. The van der Waals surface area contributed by atoms with Crippen LogP contribution in [0.1, 0.15) is 44.9 Å². The highest BCUT2D eigenvalue weighted by Gasteiger charge is 2.41. The standard InChI is InChI=1S/C14H26N2O2S/c17-19(18,14-4-5-14)16-10-6-13(7-11-16)12-15-8-2-1-3-9-15/h13-14H,1-12H2. The number of hydrogen-bond donors (Lipinski definition) is 0. The van der Waals surface area contributed by atoms with Gasteiger partial charge in [-0.1, -0.05) is 6.42 Å². The zero-order chi connectivity index (χ0) is 13.3. The summed E-state index contributed by atoms with van der Waals surface area (Å²) in [6.07, 6.45) is 7.95. The third kappa shape index (κ3) is 3.31. The average Bonchev–Trinajstić information content (AvgIpc) is 3.25. The molecule has 2 aliphatic heterocycles. The van der Waals surface area contributed by atoms with Crippen molar-refractivity contribution < 1.29 is 8.42 Å². The van der Waals surface area contributed by atoms with Crippen LogP contribution >= 0.6 is 0 Å². The first kappa shape index (κ1) is 13.8. The lowest BCUT2D eigenvalue weighted by Crippen LogP contribution is -2.43. The minimum atomic E-state index is -2.93. The monoisotopic (exact) mass is 286 g/mol. The average molecular weight is 286 g/mol. The SMILES string of the molecule is O=S(=O)(C1CC1)N1CCC(CN2CCCCC2)CC1. The van der Waals surface area contributed by atoms with E-state index in [4.69, 9.17) is 0 Å². The highest BCUT2D eigenvalue weighted by Crippen LogP contribution is 2.33. The van der Waals surface area contributed by atoms with E-state index in [0.717, 1.165) is 38.8 Å². The molecular formula is C14H26N2O2S. The normalized spacial score (nSPS) is 28.6. The zero-order valence-corrected chi connectivity index (χ0v) is 12.6. The van der Waals surface area contributed by atoms with Gasteiger partial charge < -0.3 is 4.90 Å². The molecule has 0 N–H and O–H groups in total. The zero-order valence-electron chi connectivity index (χ0n) is 11.8. The van der Waals surface area contributed by atoms with Crippen molar-refractivity contribution in [3.05, 3.63) is 0 Å². The van der Waals surface area contributed by atoms with Gasteiger partial charge in [-0.2, -0.15) is 0 Å². The Bertz CT molecular complexity index is 392. The predicted molar refractivity (Wildman–Crippen MR) is 76.5 cm³/mol. The molecule has 1 saturated carbocycles. The summed E-state index contributed by atoms with van der Waals surface area (Å²) in [6, 6.07) is 0. The van der Waals surface area contributed by atoms with Crippen LogP contribution in [0.5, 0.6) is 0 Å². The Morgan fingerprint density at radius 1 is 0.842 bits per heavy atom. The molecule has 0 radical (unpaired) electrons. The Morgan fingerprint density at radius 3 is 2.05 bits per heavy atom.